The zero-order chi connectivity index (χ0) is 20.3. The minimum atomic E-state index is -0.531. The van der Waals surface area contributed by atoms with Crippen molar-refractivity contribution in [3.8, 4) is 17.2 Å². The molecular formula is C21H27N5O2. The van der Waals surface area contributed by atoms with Gasteiger partial charge in [0.15, 0.2) is 17.3 Å². The van der Waals surface area contributed by atoms with Crippen molar-refractivity contribution in [3.63, 3.8) is 0 Å². The van der Waals surface area contributed by atoms with Crippen molar-refractivity contribution in [2.75, 3.05) is 19.5 Å². The van der Waals surface area contributed by atoms with Gasteiger partial charge in [0.2, 0.25) is 0 Å². The van der Waals surface area contributed by atoms with Crippen molar-refractivity contribution in [1.29, 1.82) is 0 Å². The molecule has 3 rings (SSSR count). The number of aryl methyl sites for hydroxylation is 2. The predicted molar refractivity (Wildman–Crippen MR) is 109 cm³/mol. The maximum atomic E-state index is 5.41. The SMILES string of the molecule is CCc1cccc(C)c1-n1nnnc1C(C)(C)Nc1ccc(OC)c(OC)c1. The Morgan fingerprint density at radius 1 is 1.07 bits per heavy atom. The highest BCUT2D eigenvalue weighted by Gasteiger charge is 2.29. The average molecular weight is 381 g/mol. The highest BCUT2D eigenvalue weighted by molar-refractivity contribution is 5.56. The maximum absolute atomic E-state index is 5.41. The number of ether oxygens (including phenoxy) is 2. The first-order valence-electron chi connectivity index (χ1n) is 9.29. The quantitative estimate of drug-likeness (QED) is 0.669. The molecule has 1 heterocycles. The lowest BCUT2D eigenvalue weighted by Gasteiger charge is -2.27. The van der Waals surface area contributed by atoms with E-state index in [9.17, 15) is 0 Å². The van der Waals surface area contributed by atoms with Crippen LogP contribution in [0.25, 0.3) is 5.69 Å². The van der Waals surface area contributed by atoms with Crippen molar-refractivity contribution >= 4 is 5.69 Å². The highest BCUT2D eigenvalue weighted by atomic mass is 16.5. The average Bonchev–Trinajstić information content (AvgIpc) is 3.17. The summed E-state index contributed by atoms with van der Waals surface area (Å²) in [5, 5.41) is 16.1. The van der Waals surface area contributed by atoms with Gasteiger partial charge in [-0.25, -0.2) is 0 Å². The Kier molecular flexibility index (Phi) is 5.53. The lowest BCUT2D eigenvalue weighted by atomic mass is 10.0. The van der Waals surface area contributed by atoms with Gasteiger partial charge in [-0.1, -0.05) is 25.1 Å². The van der Waals surface area contributed by atoms with Gasteiger partial charge in [0, 0.05) is 11.8 Å². The first-order chi connectivity index (χ1) is 13.4. The van der Waals surface area contributed by atoms with Crippen molar-refractivity contribution < 1.29 is 9.47 Å². The van der Waals surface area contributed by atoms with E-state index in [0.717, 1.165) is 29.2 Å². The topological polar surface area (TPSA) is 74.1 Å². The van der Waals surface area contributed by atoms with Crippen molar-refractivity contribution in [2.24, 2.45) is 0 Å². The Hall–Kier alpha value is -3.09. The number of rotatable bonds is 7. The molecule has 2 aromatic carbocycles. The molecule has 0 bridgehead atoms. The van der Waals surface area contributed by atoms with Crippen LogP contribution in [0.1, 0.15) is 37.7 Å². The van der Waals surface area contributed by atoms with E-state index in [-0.39, 0.29) is 0 Å². The van der Waals surface area contributed by atoms with Crippen molar-refractivity contribution in [2.45, 2.75) is 39.7 Å². The zero-order valence-electron chi connectivity index (χ0n) is 17.3. The Morgan fingerprint density at radius 2 is 1.82 bits per heavy atom. The monoisotopic (exact) mass is 381 g/mol. The Bertz CT molecular complexity index is 965. The van der Waals surface area contributed by atoms with Crippen molar-refractivity contribution in [1.82, 2.24) is 20.2 Å². The van der Waals surface area contributed by atoms with Crippen LogP contribution < -0.4 is 14.8 Å². The molecule has 7 heteroatoms. The van der Waals surface area contributed by atoms with Gasteiger partial charge in [0.25, 0.3) is 0 Å². The second kappa shape index (κ2) is 7.88. The lowest BCUT2D eigenvalue weighted by Crippen LogP contribution is -2.32. The summed E-state index contributed by atoms with van der Waals surface area (Å²) in [5.41, 5.74) is 3.73. The molecule has 0 aliphatic carbocycles. The second-order valence-corrected chi connectivity index (χ2v) is 7.17. The number of hydrogen-bond donors (Lipinski definition) is 1. The molecule has 0 spiro atoms. The number of benzene rings is 2. The van der Waals surface area contributed by atoms with Crippen LogP contribution in [0.2, 0.25) is 0 Å². The summed E-state index contributed by atoms with van der Waals surface area (Å²) in [6, 6.07) is 12.0. The third-order valence-electron chi connectivity index (χ3n) is 4.78. The van der Waals surface area contributed by atoms with Gasteiger partial charge in [0.05, 0.1) is 25.4 Å². The van der Waals surface area contributed by atoms with Gasteiger partial charge in [-0.3, -0.25) is 0 Å². The Balaban J connectivity index is 2.00. The molecule has 0 aliphatic rings. The van der Waals surface area contributed by atoms with Crippen LogP contribution in [-0.2, 0) is 12.0 Å². The molecule has 1 aromatic heterocycles. The van der Waals surface area contributed by atoms with E-state index in [1.54, 1.807) is 14.2 Å². The molecule has 0 saturated carbocycles. The predicted octanol–water partition coefficient (Wildman–Crippen LogP) is 3.90. The van der Waals surface area contributed by atoms with Crippen LogP contribution in [0.15, 0.2) is 36.4 Å². The van der Waals surface area contributed by atoms with Crippen LogP contribution in [0, 0.1) is 6.92 Å². The maximum Gasteiger partial charge on any atom is 0.181 e. The van der Waals surface area contributed by atoms with Crippen LogP contribution in [0.3, 0.4) is 0 Å². The molecule has 28 heavy (non-hydrogen) atoms. The summed E-state index contributed by atoms with van der Waals surface area (Å²) >= 11 is 0. The number of nitrogens with zero attached hydrogens (tertiary/aromatic N) is 4. The van der Waals surface area contributed by atoms with Crippen LogP contribution in [0.4, 0.5) is 5.69 Å². The van der Waals surface area contributed by atoms with Crippen LogP contribution in [0.5, 0.6) is 11.5 Å². The van der Waals surface area contributed by atoms with E-state index in [1.807, 2.05) is 22.9 Å². The molecule has 0 atom stereocenters. The smallest absolute Gasteiger partial charge is 0.181 e. The molecule has 7 nitrogen and oxygen atoms in total. The molecule has 3 aromatic rings. The number of hydrogen-bond acceptors (Lipinski definition) is 6. The number of aromatic nitrogens is 4. The number of anilines is 1. The van der Waals surface area contributed by atoms with Gasteiger partial charge >= 0.3 is 0 Å². The third kappa shape index (κ3) is 3.65. The fraction of sp³-hybridized carbons (Fsp3) is 0.381. The molecule has 148 valence electrons. The van der Waals surface area contributed by atoms with E-state index in [4.69, 9.17) is 9.47 Å². The molecule has 0 aliphatic heterocycles. The van der Waals surface area contributed by atoms with Crippen molar-refractivity contribution in [3.05, 3.63) is 53.3 Å². The normalized spacial score (nSPS) is 11.4. The van der Waals surface area contributed by atoms with Gasteiger partial charge in [-0.05, 0) is 60.9 Å². The number of methoxy groups -OCH3 is 2. The van der Waals surface area contributed by atoms with Gasteiger partial charge in [0.1, 0.15) is 0 Å². The Morgan fingerprint density at radius 3 is 2.50 bits per heavy atom. The molecule has 0 unspecified atom stereocenters. The standard InChI is InChI=1S/C21H27N5O2/c1-7-15-10-8-9-14(2)19(15)26-20(23-24-25-26)21(3,4)22-16-11-12-17(27-5)18(13-16)28-6/h8-13,22H,7H2,1-6H3. The van der Waals surface area contributed by atoms with E-state index in [1.165, 1.54) is 5.56 Å². The summed E-state index contributed by atoms with van der Waals surface area (Å²) < 4.78 is 12.6. The van der Waals surface area contributed by atoms with E-state index in [2.05, 4.69) is 66.7 Å². The number of nitrogens with one attached hydrogen (secondary N) is 1. The number of para-hydroxylation sites is 1. The van der Waals surface area contributed by atoms with E-state index >= 15 is 0 Å². The fourth-order valence-corrected chi connectivity index (χ4v) is 3.37. The first-order valence-corrected chi connectivity index (χ1v) is 9.29. The molecule has 0 fully saturated rings. The zero-order valence-corrected chi connectivity index (χ0v) is 17.3. The summed E-state index contributed by atoms with van der Waals surface area (Å²) in [4.78, 5) is 0. The molecular weight excluding hydrogens is 354 g/mol. The largest absolute Gasteiger partial charge is 0.493 e. The first kappa shape index (κ1) is 19.7. The third-order valence-corrected chi connectivity index (χ3v) is 4.78. The molecule has 0 radical (unpaired) electrons. The number of tetrazole rings is 1. The summed E-state index contributed by atoms with van der Waals surface area (Å²) in [6.07, 6.45) is 0.903. The van der Waals surface area contributed by atoms with Gasteiger partial charge in [-0.2, -0.15) is 4.68 Å². The molecule has 0 saturated heterocycles. The van der Waals surface area contributed by atoms with Gasteiger partial charge < -0.3 is 14.8 Å². The van der Waals surface area contributed by atoms with Crippen LogP contribution >= 0.6 is 0 Å². The Labute approximate surface area is 165 Å². The summed E-state index contributed by atoms with van der Waals surface area (Å²) in [6.45, 7) is 8.32. The summed E-state index contributed by atoms with van der Waals surface area (Å²) in [7, 11) is 3.24. The minimum Gasteiger partial charge on any atom is -0.493 e. The fourth-order valence-electron chi connectivity index (χ4n) is 3.37. The lowest BCUT2D eigenvalue weighted by molar-refractivity contribution is 0.355. The van der Waals surface area contributed by atoms with E-state index < -0.39 is 5.54 Å². The summed E-state index contributed by atoms with van der Waals surface area (Å²) in [5.74, 6) is 2.07. The van der Waals surface area contributed by atoms with Gasteiger partial charge in [-0.15, -0.1) is 5.10 Å². The molecule has 0 amide bonds. The van der Waals surface area contributed by atoms with E-state index in [0.29, 0.717) is 11.5 Å². The van der Waals surface area contributed by atoms with Crippen LogP contribution in [-0.4, -0.2) is 34.4 Å². The second-order valence-electron chi connectivity index (χ2n) is 7.17. The minimum absolute atomic E-state index is 0.531. The molecule has 1 N–H and O–H groups in total. The highest BCUT2D eigenvalue weighted by Crippen LogP contribution is 2.33.